The third kappa shape index (κ3) is 3.10. The lowest BCUT2D eigenvalue weighted by Crippen LogP contribution is -2.47. The van der Waals surface area contributed by atoms with Crippen molar-refractivity contribution in [3.63, 3.8) is 0 Å². The molecule has 0 aromatic heterocycles. The normalized spacial score (nSPS) is 23.1. The largest absolute Gasteiger partial charge is 0.480 e. The lowest BCUT2D eigenvalue weighted by Gasteiger charge is -2.24. The van der Waals surface area contributed by atoms with E-state index < -0.39 is 11.5 Å². The van der Waals surface area contributed by atoms with Crippen LogP contribution >= 0.6 is 0 Å². The summed E-state index contributed by atoms with van der Waals surface area (Å²) in [5.41, 5.74) is 0.692. The average molecular weight is 247 g/mol. The summed E-state index contributed by atoms with van der Waals surface area (Å²) in [4.78, 5) is 11.3. The second-order valence-corrected chi connectivity index (χ2v) is 5.11. The molecule has 1 aromatic rings. The molecular formula is C15H21NO2. The molecule has 1 heterocycles. The molecule has 1 aliphatic rings. The van der Waals surface area contributed by atoms with Crippen molar-refractivity contribution in [1.82, 2.24) is 5.32 Å². The number of hydrogen-bond acceptors (Lipinski definition) is 2. The highest BCUT2D eigenvalue weighted by atomic mass is 16.4. The first-order valence-corrected chi connectivity index (χ1v) is 6.75. The Bertz CT molecular complexity index is 383. The second kappa shape index (κ2) is 6.01. The van der Waals surface area contributed by atoms with Crippen molar-refractivity contribution < 1.29 is 9.90 Å². The molecule has 0 amide bonds. The summed E-state index contributed by atoms with van der Waals surface area (Å²) in [7, 11) is 0. The number of unbranched alkanes of at least 4 members (excludes halogenated alkanes) is 1. The van der Waals surface area contributed by atoms with E-state index in [0.29, 0.717) is 0 Å². The first kappa shape index (κ1) is 13.1. The number of rotatable bonds is 6. The zero-order valence-corrected chi connectivity index (χ0v) is 10.7. The Morgan fingerprint density at radius 3 is 2.67 bits per heavy atom. The van der Waals surface area contributed by atoms with Gasteiger partial charge in [0.25, 0.3) is 0 Å². The molecule has 3 heteroatoms. The van der Waals surface area contributed by atoms with Crippen LogP contribution in [0.2, 0.25) is 0 Å². The van der Waals surface area contributed by atoms with Crippen LogP contribution in [-0.4, -0.2) is 23.2 Å². The molecule has 3 nitrogen and oxygen atoms in total. The van der Waals surface area contributed by atoms with Gasteiger partial charge in [-0.3, -0.25) is 4.79 Å². The van der Waals surface area contributed by atoms with Crippen molar-refractivity contribution >= 4 is 5.97 Å². The number of nitrogens with one attached hydrogen (secondary N) is 1. The molecule has 1 unspecified atom stereocenters. The maximum absolute atomic E-state index is 11.3. The van der Waals surface area contributed by atoms with Crippen LogP contribution in [0.4, 0.5) is 0 Å². The molecule has 1 atom stereocenters. The molecule has 1 aromatic carbocycles. The number of aryl methyl sites for hydroxylation is 1. The lowest BCUT2D eigenvalue weighted by atomic mass is 9.90. The van der Waals surface area contributed by atoms with Gasteiger partial charge in [0.15, 0.2) is 0 Å². The summed E-state index contributed by atoms with van der Waals surface area (Å²) in [6.07, 6.45) is 5.55. The van der Waals surface area contributed by atoms with E-state index >= 15 is 0 Å². The maximum Gasteiger partial charge on any atom is 0.323 e. The predicted molar refractivity (Wildman–Crippen MR) is 71.6 cm³/mol. The predicted octanol–water partition coefficient (Wildman–Crippen LogP) is 2.61. The molecule has 2 N–H and O–H groups in total. The topological polar surface area (TPSA) is 49.3 Å². The van der Waals surface area contributed by atoms with E-state index in [1.54, 1.807) is 0 Å². The number of hydrogen-bond donors (Lipinski definition) is 2. The number of aliphatic carboxylic acids is 1. The quantitative estimate of drug-likeness (QED) is 0.760. The first-order chi connectivity index (χ1) is 8.73. The van der Waals surface area contributed by atoms with Crippen LogP contribution in [0.5, 0.6) is 0 Å². The first-order valence-electron chi connectivity index (χ1n) is 6.75. The van der Waals surface area contributed by atoms with Gasteiger partial charge in [0, 0.05) is 0 Å². The Hall–Kier alpha value is -1.35. The van der Waals surface area contributed by atoms with Crippen molar-refractivity contribution in [1.29, 1.82) is 0 Å². The number of carbonyl (C=O) groups is 1. The zero-order valence-electron chi connectivity index (χ0n) is 10.7. The minimum atomic E-state index is -0.681. The molecule has 18 heavy (non-hydrogen) atoms. The molecule has 0 saturated carbocycles. The second-order valence-electron chi connectivity index (χ2n) is 5.11. The van der Waals surface area contributed by atoms with Gasteiger partial charge in [0.05, 0.1) is 0 Å². The van der Waals surface area contributed by atoms with Crippen LogP contribution < -0.4 is 5.32 Å². The molecule has 98 valence electrons. The summed E-state index contributed by atoms with van der Waals surface area (Å²) in [6, 6.07) is 10.4. The number of carboxylic acids is 1. The van der Waals surface area contributed by atoms with Gasteiger partial charge in [-0.15, -0.1) is 0 Å². The fourth-order valence-corrected chi connectivity index (χ4v) is 2.71. The van der Waals surface area contributed by atoms with Gasteiger partial charge >= 0.3 is 5.97 Å². The van der Waals surface area contributed by atoms with Gasteiger partial charge in [-0.25, -0.2) is 0 Å². The smallest absolute Gasteiger partial charge is 0.323 e. The highest BCUT2D eigenvalue weighted by molar-refractivity contribution is 5.79. The molecule has 1 saturated heterocycles. The van der Waals surface area contributed by atoms with Crippen LogP contribution in [-0.2, 0) is 11.2 Å². The van der Waals surface area contributed by atoms with Gasteiger partial charge in [0.1, 0.15) is 5.54 Å². The van der Waals surface area contributed by atoms with E-state index in [1.165, 1.54) is 5.56 Å². The summed E-state index contributed by atoms with van der Waals surface area (Å²) in [5, 5.41) is 12.5. The molecule has 1 aliphatic heterocycles. The minimum absolute atomic E-state index is 0.642. The van der Waals surface area contributed by atoms with Gasteiger partial charge in [-0.1, -0.05) is 36.8 Å². The Balaban J connectivity index is 1.76. The van der Waals surface area contributed by atoms with E-state index in [9.17, 15) is 9.90 Å². The van der Waals surface area contributed by atoms with Crippen LogP contribution in [0.3, 0.4) is 0 Å². The Labute approximate surface area is 108 Å². The van der Waals surface area contributed by atoms with Gasteiger partial charge in [-0.2, -0.15) is 0 Å². The van der Waals surface area contributed by atoms with Crippen molar-refractivity contribution in [2.24, 2.45) is 0 Å². The third-order valence-corrected chi connectivity index (χ3v) is 3.81. The Morgan fingerprint density at radius 2 is 2.06 bits per heavy atom. The van der Waals surface area contributed by atoms with E-state index in [1.807, 2.05) is 18.2 Å². The maximum atomic E-state index is 11.3. The SMILES string of the molecule is O=C(O)C1(CCCCc2ccccc2)CCCN1. The van der Waals surface area contributed by atoms with Gasteiger partial charge in [0.2, 0.25) is 0 Å². The van der Waals surface area contributed by atoms with Crippen molar-refractivity contribution in [2.75, 3.05) is 6.54 Å². The summed E-state index contributed by atoms with van der Waals surface area (Å²) < 4.78 is 0. The molecule has 2 rings (SSSR count). The summed E-state index contributed by atoms with van der Waals surface area (Å²) >= 11 is 0. The van der Waals surface area contributed by atoms with Crippen LogP contribution in [0.1, 0.15) is 37.7 Å². The molecule has 0 radical (unpaired) electrons. The number of carboxylic acid groups (broad SMARTS) is 1. The minimum Gasteiger partial charge on any atom is -0.480 e. The van der Waals surface area contributed by atoms with Crippen molar-refractivity contribution in [2.45, 2.75) is 44.1 Å². The fraction of sp³-hybridized carbons (Fsp3) is 0.533. The fourth-order valence-electron chi connectivity index (χ4n) is 2.71. The van der Waals surface area contributed by atoms with Gasteiger partial charge < -0.3 is 10.4 Å². The van der Waals surface area contributed by atoms with Crippen LogP contribution in [0.15, 0.2) is 30.3 Å². The van der Waals surface area contributed by atoms with Crippen molar-refractivity contribution in [3.05, 3.63) is 35.9 Å². The Morgan fingerprint density at radius 1 is 1.28 bits per heavy atom. The van der Waals surface area contributed by atoms with Gasteiger partial charge in [-0.05, 0) is 44.2 Å². The van der Waals surface area contributed by atoms with E-state index in [-0.39, 0.29) is 0 Å². The summed E-state index contributed by atoms with van der Waals surface area (Å²) in [6.45, 7) is 0.838. The molecule has 0 bridgehead atoms. The van der Waals surface area contributed by atoms with E-state index in [4.69, 9.17) is 0 Å². The standard InChI is InChI=1S/C15H21NO2/c17-14(18)15(11-6-12-16-15)10-5-4-9-13-7-2-1-3-8-13/h1-3,7-8,16H,4-6,9-12H2,(H,17,18). The van der Waals surface area contributed by atoms with Crippen LogP contribution in [0, 0.1) is 0 Å². The number of benzene rings is 1. The highest BCUT2D eigenvalue weighted by Gasteiger charge is 2.40. The molecule has 1 fully saturated rings. The monoisotopic (exact) mass is 247 g/mol. The highest BCUT2D eigenvalue weighted by Crippen LogP contribution is 2.26. The molecule has 0 spiro atoms. The lowest BCUT2D eigenvalue weighted by molar-refractivity contribution is -0.144. The van der Waals surface area contributed by atoms with E-state index in [2.05, 4.69) is 17.4 Å². The van der Waals surface area contributed by atoms with E-state index in [0.717, 1.165) is 45.1 Å². The Kier molecular flexibility index (Phi) is 4.37. The molecular weight excluding hydrogens is 226 g/mol. The molecule has 0 aliphatic carbocycles. The third-order valence-electron chi connectivity index (χ3n) is 3.81. The zero-order chi connectivity index (χ0) is 12.8. The van der Waals surface area contributed by atoms with Crippen molar-refractivity contribution in [3.8, 4) is 0 Å². The summed E-state index contributed by atoms with van der Waals surface area (Å²) in [5.74, 6) is -0.681. The average Bonchev–Trinajstić information content (AvgIpc) is 2.86. The van der Waals surface area contributed by atoms with Crippen LogP contribution in [0.25, 0.3) is 0 Å².